The van der Waals surface area contributed by atoms with Gasteiger partial charge in [-0.1, -0.05) is 19.8 Å². The molecule has 1 amide bonds. The molecule has 6 heteroatoms. The molecule has 0 aliphatic heterocycles. The van der Waals surface area contributed by atoms with Gasteiger partial charge in [-0.2, -0.15) is 0 Å². The van der Waals surface area contributed by atoms with E-state index in [-0.39, 0.29) is 17.5 Å². The number of carboxylic acids is 1. The van der Waals surface area contributed by atoms with Crippen molar-refractivity contribution < 1.29 is 14.7 Å². The maximum Gasteiger partial charge on any atom is 0.355 e. The van der Waals surface area contributed by atoms with Gasteiger partial charge >= 0.3 is 5.97 Å². The molecule has 1 aromatic heterocycles. The Hall–Kier alpha value is -1.43. The number of rotatable bonds is 4. The number of carbonyl (C=O) groups is 2. The third-order valence-corrected chi connectivity index (χ3v) is 4.34. The fourth-order valence-electron chi connectivity index (χ4n) is 2.47. The van der Waals surface area contributed by atoms with E-state index in [1.54, 1.807) is 0 Å². The molecule has 1 aliphatic rings. The molecule has 0 aromatic carbocycles. The molecule has 5 nitrogen and oxygen atoms in total. The average molecular weight is 282 g/mol. The molecular formula is C13H18N2O3S. The van der Waals surface area contributed by atoms with Crippen molar-refractivity contribution in [1.29, 1.82) is 0 Å². The van der Waals surface area contributed by atoms with Crippen LogP contribution in [0.1, 0.15) is 48.1 Å². The van der Waals surface area contributed by atoms with Crippen molar-refractivity contribution in [2.24, 2.45) is 11.8 Å². The summed E-state index contributed by atoms with van der Waals surface area (Å²) in [6.45, 7) is 2.50. The minimum Gasteiger partial charge on any atom is -0.476 e. The summed E-state index contributed by atoms with van der Waals surface area (Å²) in [6.07, 6.45) is 4.22. The van der Waals surface area contributed by atoms with E-state index in [0.717, 1.165) is 19.3 Å². The second-order valence-electron chi connectivity index (χ2n) is 5.12. The maximum atomic E-state index is 12.0. The van der Waals surface area contributed by atoms with Crippen LogP contribution in [0.4, 0.5) is 0 Å². The van der Waals surface area contributed by atoms with E-state index in [4.69, 9.17) is 5.11 Å². The number of amides is 1. The zero-order valence-electron chi connectivity index (χ0n) is 10.9. The lowest BCUT2D eigenvalue weighted by atomic mass is 9.82. The highest BCUT2D eigenvalue weighted by atomic mass is 32.1. The average Bonchev–Trinajstić information content (AvgIpc) is 2.85. The Kier molecular flexibility index (Phi) is 4.52. The minimum absolute atomic E-state index is 0.0422. The fraction of sp³-hybridized carbons (Fsp3) is 0.615. The van der Waals surface area contributed by atoms with Crippen LogP contribution in [-0.4, -0.2) is 22.0 Å². The summed E-state index contributed by atoms with van der Waals surface area (Å²) in [6, 6.07) is 0. The van der Waals surface area contributed by atoms with E-state index in [9.17, 15) is 9.59 Å². The van der Waals surface area contributed by atoms with E-state index in [1.165, 1.54) is 23.1 Å². The number of aromatic nitrogens is 1. The van der Waals surface area contributed by atoms with Crippen molar-refractivity contribution in [3.05, 3.63) is 16.1 Å². The van der Waals surface area contributed by atoms with Crippen molar-refractivity contribution in [1.82, 2.24) is 10.3 Å². The first kappa shape index (κ1) is 14.0. The third-order valence-electron chi connectivity index (χ3n) is 3.49. The van der Waals surface area contributed by atoms with Crippen LogP contribution < -0.4 is 5.32 Å². The summed E-state index contributed by atoms with van der Waals surface area (Å²) in [5.74, 6) is -0.251. The standard InChI is InChI=1S/C13H18N2O3S/c1-8-3-2-4-9(5-8)12(16)14-6-11-15-10(7-19-11)13(17)18/h7-9H,2-6H2,1H3,(H,14,16)(H,17,18)/t8-,9+/m0/s1. The van der Waals surface area contributed by atoms with Crippen molar-refractivity contribution in [2.75, 3.05) is 0 Å². The molecule has 1 aliphatic carbocycles. The van der Waals surface area contributed by atoms with Gasteiger partial charge in [0.25, 0.3) is 0 Å². The Balaban J connectivity index is 1.84. The number of carboxylic acid groups (broad SMARTS) is 1. The van der Waals surface area contributed by atoms with Crippen LogP contribution in [0.5, 0.6) is 0 Å². The summed E-state index contributed by atoms with van der Waals surface area (Å²) in [4.78, 5) is 26.6. The van der Waals surface area contributed by atoms with E-state index in [0.29, 0.717) is 17.5 Å². The largest absolute Gasteiger partial charge is 0.476 e. The van der Waals surface area contributed by atoms with Gasteiger partial charge in [0.1, 0.15) is 5.01 Å². The van der Waals surface area contributed by atoms with E-state index < -0.39 is 5.97 Å². The first-order valence-electron chi connectivity index (χ1n) is 6.51. The summed E-state index contributed by atoms with van der Waals surface area (Å²) in [7, 11) is 0. The zero-order valence-corrected chi connectivity index (χ0v) is 11.7. The van der Waals surface area contributed by atoms with Crippen LogP contribution in [0.3, 0.4) is 0 Å². The van der Waals surface area contributed by atoms with Crippen molar-refractivity contribution in [3.8, 4) is 0 Å². The summed E-state index contributed by atoms with van der Waals surface area (Å²) in [5, 5.41) is 13.7. The predicted molar refractivity (Wildman–Crippen MR) is 72.0 cm³/mol. The SMILES string of the molecule is C[C@H]1CCC[C@@H](C(=O)NCc2nc(C(=O)O)cs2)C1. The molecule has 2 atom stereocenters. The second-order valence-corrected chi connectivity index (χ2v) is 6.06. The summed E-state index contributed by atoms with van der Waals surface area (Å²) < 4.78 is 0. The lowest BCUT2D eigenvalue weighted by Crippen LogP contribution is -2.33. The van der Waals surface area contributed by atoms with Gasteiger partial charge in [-0.15, -0.1) is 11.3 Å². The van der Waals surface area contributed by atoms with Gasteiger partial charge in [-0.25, -0.2) is 9.78 Å². The molecule has 2 rings (SSSR count). The number of thiazole rings is 1. The van der Waals surface area contributed by atoms with E-state index >= 15 is 0 Å². The molecule has 1 fully saturated rings. The van der Waals surface area contributed by atoms with Crippen LogP contribution in [0, 0.1) is 11.8 Å². The lowest BCUT2D eigenvalue weighted by Gasteiger charge is -2.25. The maximum absolute atomic E-state index is 12.0. The Bertz CT molecular complexity index is 472. The number of hydrogen-bond donors (Lipinski definition) is 2. The van der Waals surface area contributed by atoms with Crippen molar-refractivity contribution >= 4 is 23.2 Å². The normalized spacial score (nSPS) is 23.0. The first-order valence-corrected chi connectivity index (χ1v) is 7.39. The van der Waals surface area contributed by atoms with Gasteiger partial charge < -0.3 is 10.4 Å². The Morgan fingerprint density at radius 3 is 2.95 bits per heavy atom. The summed E-state index contributed by atoms with van der Waals surface area (Å²) in [5.41, 5.74) is 0.0422. The van der Waals surface area contributed by atoms with Gasteiger partial charge in [-0.05, 0) is 18.8 Å². The Labute approximate surface area is 116 Å². The number of nitrogens with zero attached hydrogens (tertiary/aromatic N) is 1. The fourth-order valence-corrected chi connectivity index (χ4v) is 3.18. The monoisotopic (exact) mass is 282 g/mol. The predicted octanol–water partition coefficient (Wildman–Crippen LogP) is 2.28. The topological polar surface area (TPSA) is 79.3 Å². The molecule has 19 heavy (non-hydrogen) atoms. The van der Waals surface area contributed by atoms with Crippen molar-refractivity contribution in [2.45, 2.75) is 39.2 Å². The van der Waals surface area contributed by atoms with Gasteiger partial charge in [0.15, 0.2) is 5.69 Å². The molecule has 0 bridgehead atoms. The zero-order chi connectivity index (χ0) is 13.8. The van der Waals surface area contributed by atoms with Crippen LogP contribution >= 0.6 is 11.3 Å². The molecule has 0 saturated heterocycles. The van der Waals surface area contributed by atoms with Crippen LogP contribution in [-0.2, 0) is 11.3 Å². The highest BCUT2D eigenvalue weighted by Crippen LogP contribution is 2.28. The Morgan fingerprint density at radius 1 is 1.53 bits per heavy atom. The van der Waals surface area contributed by atoms with Gasteiger partial charge in [-0.3, -0.25) is 4.79 Å². The van der Waals surface area contributed by atoms with Crippen LogP contribution in [0.25, 0.3) is 0 Å². The molecule has 0 spiro atoms. The van der Waals surface area contributed by atoms with Crippen LogP contribution in [0.2, 0.25) is 0 Å². The second kappa shape index (κ2) is 6.14. The first-order chi connectivity index (χ1) is 9.06. The highest BCUT2D eigenvalue weighted by molar-refractivity contribution is 7.09. The van der Waals surface area contributed by atoms with E-state index in [2.05, 4.69) is 17.2 Å². The molecule has 0 unspecified atom stereocenters. The van der Waals surface area contributed by atoms with Crippen LogP contribution in [0.15, 0.2) is 5.38 Å². The highest BCUT2D eigenvalue weighted by Gasteiger charge is 2.24. The molecular weight excluding hydrogens is 264 g/mol. The van der Waals surface area contributed by atoms with Gasteiger partial charge in [0, 0.05) is 11.3 Å². The molecule has 1 heterocycles. The van der Waals surface area contributed by atoms with E-state index in [1.807, 2.05) is 0 Å². The number of nitrogens with one attached hydrogen (secondary N) is 1. The summed E-state index contributed by atoms with van der Waals surface area (Å²) >= 11 is 1.26. The van der Waals surface area contributed by atoms with Crippen molar-refractivity contribution in [3.63, 3.8) is 0 Å². The Morgan fingerprint density at radius 2 is 2.32 bits per heavy atom. The smallest absolute Gasteiger partial charge is 0.355 e. The molecule has 2 N–H and O–H groups in total. The number of aromatic carboxylic acids is 1. The quantitative estimate of drug-likeness (QED) is 0.888. The number of hydrogen-bond acceptors (Lipinski definition) is 4. The number of carbonyl (C=O) groups excluding carboxylic acids is 1. The van der Waals surface area contributed by atoms with Gasteiger partial charge in [0.2, 0.25) is 5.91 Å². The molecule has 0 radical (unpaired) electrons. The molecule has 1 saturated carbocycles. The third kappa shape index (κ3) is 3.76. The molecule has 104 valence electrons. The molecule has 1 aromatic rings. The lowest BCUT2D eigenvalue weighted by molar-refractivity contribution is -0.126. The minimum atomic E-state index is -1.03. The van der Waals surface area contributed by atoms with Gasteiger partial charge in [0.05, 0.1) is 6.54 Å².